The molecule has 2 rings (SSSR count). The van der Waals surface area contributed by atoms with E-state index in [1.807, 2.05) is 52.0 Å². The Kier molecular flexibility index (Phi) is 5.66. The van der Waals surface area contributed by atoms with E-state index in [-0.39, 0.29) is 5.97 Å². The number of aryl methyl sites for hydroxylation is 1. The van der Waals surface area contributed by atoms with Crippen molar-refractivity contribution in [2.45, 2.75) is 34.6 Å². The normalized spacial score (nSPS) is 11.0. The SMILES string of the molecule is C=C(C)C(=O)Oc1ccc(-c2ccc(OC(=O)C(C)(C)C)cc2)cc1C. The first kappa shape index (κ1) is 19.4. The lowest BCUT2D eigenvalue weighted by Gasteiger charge is -2.16. The largest absolute Gasteiger partial charge is 0.426 e. The van der Waals surface area contributed by atoms with Gasteiger partial charge < -0.3 is 9.47 Å². The number of benzene rings is 2. The highest BCUT2D eigenvalue weighted by Crippen LogP contribution is 2.28. The summed E-state index contributed by atoms with van der Waals surface area (Å²) >= 11 is 0. The van der Waals surface area contributed by atoms with Gasteiger partial charge >= 0.3 is 11.9 Å². The second-order valence-electron chi connectivity index (χ2n) is 7.31. The fourth-order valence-electron chi connectivity index (χ4n) is 2.11. The summed E-state index contributed by atoms with van der Waals surface area (Å²) in [5, 5.41) is 0. The average molecular weight is 352 g/mol. The molecule has 0 unspecified atom stereocenters. The molecule has 2 aromatic carbocycles. The molecule has 0 aliphatic rings. The molecule has 0 saturated carbocycles. The number of ether oxygens (including phenoxy) is 2. The molecule has 0 heterocycles. The summed E-state index contributed by atoms with van der Waals surface area (Å²) in [5.74, 6) is 0.311. The van der Waals surface area contributed by atoms with Crippen LogP contribution in [0.25, 0.3) is 11.1 Å². The Morgan fingerprint density at radius 2 is 1.50 bits per heavy atom. The highest BCUT2D eigenvalue weighted by molar-refractivity contribution is 5.89. The van der Waals surface area contributed by atoms with Crippen LogP contribution in [-0.2, 0) is 9.59 Å². The van der Waals surface area contributed by atoms with Crippen molar-refractivity contribution in [2.24, 2.45) is 5.41 Å². The molecule has 0 aliphatic heterocycles. The van der Waals surface area contributed by atoms with Crippen LogP contribution >= 0.6 is 0 Å². The molecule has 0 aliphatic carbocycles. The van der Waals surface area contributed by atoms with E-state index < -0.39 is 11.4 Å². The van der Waals surface area contributed by atoms with Gasteiger partial charge in [-0.15, -0.1) is 0 Å². The maximum Gasteiger partial charge on any atom is 0.338 e. The molecule has 0 amide bonds. The minimum Gasteiger partial charge on any atom is -0.426 e. The molecule has 0 spiro atoms. The minimum atomic E-state index is -0.549. The van der Waals surface area contributed by atoms with E-state index in [9.17, 15) is 9.59 Å². The molecule has 0 bridgehead atoms. The average Bonchev–Trinajstić information content (AvgIpc) is 2.56. The number of hydrogen-bond acceptors (Lipinski definition) is 4. The van der Waals surface area contributed by atoms with Crippen LogP contribution in [0.5, 0.6) is 11.5 Å². The predicted octanol–water partition coefficient (Wildman–Crippen LogP) is 5.10. The van der Waals surface area contributed by atoms with Crippen LogP contribution in [0.3, 0.4) is 0 Å². The van der Waals surface area contributed by atoms with Crippen molar-refractivity contribution in [3.05, 3.63) is 60.2 Å². The molecular formula is C22H24O4. The molecule has 0 saturated heterocycles. The first-order valence-corrected chi connectivity index (χ1v) is 8.39. The van der Waals surface area contributed by atoms with Crippen molar-refractivity contribution in [1.82, 2.24) is 0 Å². The zero-order valence-corrected chi connectivity index (χ0v) is 15.9. The van der Waals surface area contributed by atoms with Gasteiger partial charge in [0.1, 0.15) is 11.5 Å². The Labute approximate surface area is 154 Å². The molecule has 0 N–H and O–H groups in total. The summed E-state index contributed by atoms with van der Waals surface area (Å²) in [4.78, 5) is 23.6. The van der Waals surface area contributed by atoms with Crippen molar-refractivity contribution < 1.29 is 19.1 Å². The maximum atomic E-state index is 11.9. The van der Waals surface area contributed by atoms with Crippen LogP contribution in [0, 0.1) is 12.3 Å². The molecule has 0 fully saturated rings. The number of rotatable bonds is 4. The Bertz CT molecular complexity index is 839. The van der Waals surface area contributed by atoms with E-state index in [0.717, 1.165) is 16.7 Å². The van der Waals surface area contributed by atoms with Crippen LogP contribution in [0.1, 0.15) is 33.3 Å². The van der Waals surface area contributed by atoms with Gasteiger partial charge in [0, 0.05) is 5.57 Å². The molecule has 4 heteroatoms. The first-order chi connectivity index (χ1) is 12.1. The number of hydrogen-bond donors (Lipinski definition) is 0. The van der Waals surface area contributed by atoms with Gasteiger partial charge in [-0.2, -0.15) is 0 Å². The Morgan fingerprint density at radius 1 is 0.923 bits per heavy atom. The fourth-order valence-corrected chi connectivity index (χ4v) is 2.11. The number of carbonyl (C=O) groups is 2. The predicted molar refractivity (Wildman–Crippen MR) is 102 cm³/mol. The van der Waals surface area contributed by atoms with E-state index in [1.54, 1.807) is 25.1 Å². The summed E-state index contributed by atoms with van der Waals surface area (Å²) in [6.07, 6.45) is 0. The topological polar surface area (TPSA) is 52.6 Å². The summed E-state index contributed by atoms with van der Waals surface area (Å²) in [5.41, 5.74) is 2.61. The van der Waals surface area contributed by atoms with Crippen LogP contribution < -0.4 is 9.47 Å². The Morgan fingerprint density at radius 3 is 2.00 bits per heavy atom. The van der Waals surface area contributed by atoms with Gasteiger partial charge in [-0.05, 0) is 75.6 Å². The molecule has 0 radical (unpaired) electrons. The number of carbonyl (C=O) groups excluding carboxylic acids is 2. The lowest BCUT2D eigenvalue weighted by atomic mass is 9.97. The fraction of sp³-hybridized carbons (Fsp3) is 0.273. The Hall–Kier alpha value is -2.88. The third-order valence-electron chi connectivity index (χ3n) is 3.74. The standard InChI is InChI=1S/C22H24O4/c1-14(2)20(23)26-19-12-9-17(13-15(19)3)16-7-10-18(11-8-16)25-21(24)22(4,5)6/h7-13H,1H2,2-6H3. The summed E-state index contributed by atoms with van der Waals surface area (Å²) < 4.78 is 10.7. The van der Waals surface area contributed by atoms with Gasteiger partial charge in [-0.1, -0.05) is 24.8 Å². The van der Waals surface area contributed by atoms with Gasteiger partial charge in [0.15, 0.2) is 0 Å². The van der Waals surface area contributed by atoms with E-state index >= 15 is 0 Å². The number of esters is 2. The van der Waals surface area contributed by atoms with Gasteiger partial charge in [0.25, 0.3) is 0 Å². The van der Waals surface area contributed by atoms with E-state index in [0.29, 0.717) is 17.1 Å². The molecular weight excluding hydrogens is 328 g/mol. The van der Waals surface area contributed by atoms with Crippen LogP contribution in [0.2, 0.25) is 0 Å². The van der Waals surface area contributed by atoms with Crippen molar-refractivity contribution in [3.63, 3.8) is 0 Å². The van der Waals surface area contributed by atoms with E-state index in [4.69, 9.17) is 9.47 Å². The van der Waals surface area contributed by atoms with E-state index in [1.165, 1.54) is 0 Å². The van der Waals surface area contributed by atoms with Crippen molar-refractivity contribution >= 4 is 11.9 Å². The lowest BCUT2D eigenvalue weighted by molar-refractivity contribution is -0.143. The zero-order chi connectivity index (χ0) is 19.5. The second-order valence-corrected chi connectivity index (χ2v) is 7.31. The van der Waals surface area contributed by atoms with Crippen molar-refractivity contribution in [1.29, 1.82) is 0 Å². The molecule has 4 nitrogen and oxygen atoms in total. The second kappa shape index (κ2) is 7.56. The highest BCUT2D eigenvalue weighted by atomic mass is 16.5. The van der Waals surface area contributed by atoms with Crippen LogP contribution in [0.15, 0.2) is 54.6 Å². The Balaban J connectivity index is 2.16. The zero-order valence-electron chi connectivity index (χ0n) is 15.9. The maximum absolute atomic E-state index is 11.9. The van der Waals surface area contributed by atoms with Crippen LogP contribution in [-0.4, -0.2) is 11.9 Å². The molecule has 0 atom stereocenters. The summed E-state index contributed by atoms with van der Waals surface area (Å²) in [6, 6.07) is 12.9. The van der Waals surface area contributed by atoms with Crippen LogP contribution in [0.4, 0.5) is 0 Å². The summed E-state index contributed by atoms with van der Waals surface area (Å²) in [7, 11) is 0. The third-order valence-corrected chi connectivity index (χ3v) is 3.74. The minimum absolute atomic E-state index is 0.273. The molecule has 26 heavy (non-hydrogen) atoms. The van der Waals surface area contributed by atoms with Gasteiger partial charge in [0.05, 0.1) is 5.41 Å². The lowest BCUT2D eigenvalue weighted by Crippen LogP contribution is -2.25. The van der Waals surface area contributed by atoms with Gasteiger partial charge in [0.2, 0.25) is 0 Å². The molecule has 136 valence electrons. The quantitative estimate of drug-likeness (QED) is 0.437. The van der Waals surface area contributed by atoms with E-state index in [2.05, 4.69) is 6.58 Å². The van der Waals surface area contributed by atoms with Crippen molar-refractivity contribution in [3.8, 4) is 22.6 Å². The first-order valence-electron chi connectivity index (χ1n) is 8.39. The molecule has 2 aromatic rings. The third kappa shape index (κ3) is 4.82. The van der Waals surface area contributed by atoms with Gasteiger partial charge in [-0.3, -0.25) is 4.79 Å². The molecule has 0 aromatic heterocycles. The van der Waals surface area contributed by atoms with Crippen molar-refractivity contribution in [2.75, 3.05) is 0 Å². The highest BCUT2D eigenvalue weighted by Gasteiger charge is 2.23. The smallest absolute Gasteiger partial charge is 0.338 e. The summed E-state index contributed by atoms with van der Waals surface area (Å²) in [6.45, 7) is 12.5. The monoisotopic (exact) mass is 352 g/mol. The van der Waals surface area contributed by atoms with Gasteiger partial charge in [-0.25, -0.2) is 4.79 Å².